The Bertz CT molecular complexity index is 453. The summed E-state index contributed by atoms with van der Waals surface area (Å²) >= 11 is 0. The number of nitrogens with one attached hydrogen (secondary N) is 1. The predicted octanol–water partition coefficient (Wildman–Crippen LogP) is 0.330. The van der Waals surface area contributed by atoms with Crippen molar-refractivity contribution in [2.24, 2.45) is 5.73 Å². The Balaban J connectivity index is 2.79. The zero-order valence-electron chi connectivity index (χ0n) is 10.5. The van der Waals surface area contributed by atoms with Crippen LogP contribution in [0.2, 0.25) is 0 Å². The SMILES string of the molecule is CCc1ncc(S(=O)(=O)N(C)CCC(C)N)[nH]1. The summed E-state index contributed by atoms with van der Waals surface area (Å²) in [5.74, 6) is 0.671. The Morgan fingerprint density at radius 1 is 1.59 bits per heavy atom. The minimum absolute atomic E-state index is 0.0133. The first kappa shape index (κ1) is 14.1. The number of hydrogen-bond acceptors (Lipinski definition) is 4. The van der Waals surface area contributed by atoms with Crippen LogP contribution in [0.3, 0.4) is 0 Å². The molecule has 0 saturated heterocycles. The first-order valence-electron chi connectivity index (χ1n) is 5.63. The molecule has 3 N–H and O–H groups in total. The molecule has 1 aromatic rings. The van der Waals surface area contributed by atoms with Crippen LogP contribution in [0.1, 0.15) is 26.1 Å². The van der Waals surface area contributed by atoms with Gasteiger partial charge in [0.1, 0.15) is 5.82 Å². The topological polar surface area (TPSA) is 92.1 Å². The van der Waals surface area contributed by atoms with E-state index in [9.17, 15) is 8.42 Å². The molecule has 0 fully saturated rings. The number of aromatic amines is 1. The zero-order valence-corrected chi connectivity index (χ0v) is 11.3. The molecule has 0 saturated carbocycles. The fourth-order valence-electron chi connectivity index (χ4n) is 1.33. The second-order valence-electron chi connectivity index (χ2n) is 4.14. The van der Waals surface area contributed by atoms with Crippen LogP contribution in [-0.4, -0.2) is 42.3 Å². The van der Waals surface area contributed by atoms with Gasteiger partial charge in [-0.05, 0) is 13.3 Å². The van der Waals surface area contributed by atoms with Gasteiger partial charge in [0.2, 0.25) is 0 Å². The van der Waals surface area contributed by atoms with E-state index < -0.39 is 10.0 Å². The third-order valence-electron chi connectivity index (χ3n) is 2.53. The normalized spacial score (nSPS) is 14.2. The summed E-state index contributed by atoms with van der Waals surface area (Å²) in [6.45, 7) is 4.17. The highest BCUT2D eigenvalue weighted by molar-refractivity contribution is 7.89. The number of sulfonamides is 1. The number of H-pyrrole nitrogens is 1. The lowest BCUT2D eigenvalue weighted by Gasteiger charge is -2.16. The fraction of sp³-hybridized carbons (Fsp3) is 0.700. The van der Waals surface area contributed by atoms with Gasteiger partial charge in [0, 0.05) is 26.1 Å². The fourth-order valence-corrected chi connectivity index (χ4v) is 2.44. The standard InChI is InChI=1S/C10H20N4O2S/c1-4-9-12-7-10(13-9)17(15,16)14(3)6-5-8(2)11/h7-8H,4-6,11H2,1-3H3,(H,12,13). The quantitative estimate of drug-likeness (QED) is 0.771. The minimum atomic E-state index is -3.46. The molecule has 0 bridgehead atoms. The second-order valence-corrected chi connectivity index (χ2v) is 6.15. The predicted molar refractivity (Wildman–Crippen MR) is 66.0 cm³/mol. The van der Waals surface area contributed by atoms with Gasteiger partial charge in [-0.1, -0.05) is 6.92 Å². The number of imidazole rings is 1. The molecule has 98 valence electrons. The van der Waals surface area contributed by atoms with Crippen LogP contribution in [0.4, 0.5) is 0 Å². The van der Waals surface area contributed by atoms with Crippen molar-refractivity contribution in [1.29, 1.82) is 0 Å². The van der Waals surface area contributed by atoms with Gasteiger partial charge in [-0.15, -0.1) is 0 Å². The van der Waals surface area contributed by atoms with Gasteiger partial charge in [0.25, 0.3) is 10.0 Å². The number of aryl methyl sites for hydroxylation is 1. The highest BCUT2D eigenvalue weighted by Gasteiger charge is 2.22. The van der Waals surface area contributed by atoms with Gasteiger partial charge in [-0.25, -0.2) is 13.4 Å². The number of aromatic nitrogens is 2. The summed E-state index contributed by atoms with van der Waals surface area (Å²) in [5.41, 5.74) is 5.61. The molecule has 0 radical (unpaired) electrons. The lowest BCUT2D eigenvalue weighted by molar-refractivity contribution is 0.444. The zero-order chi connectivity index (χ0) is 13.1. The maximum atomic E-state index is 12.1. The van der Waals surface area contributed by atoms with E-state index in [4.69, 9.17) is 5.73 Å². The molecule has 0 aliphatic heterocycles. The lowest BCUT2D eigenvalue weighted by atomic mass is 10.2. The molecular weight excluding hydrogens is 240 g/mol. The van der Waals surface area contributed by atoms with Gasteiger partial charge in [0.05, 0.1) is 6.20 Å². The average molecular weight is 260 g/mol. The lowest BCUT2D eigenvalue weighted by Crippen LogP contribution is -2.31. The van der Waals surface area contributed by atoms with Crippen molar-refractivity contribution in [2.45, 2.75) is 37.8 Å². The Hall–Kier alpha value is -0.920. The smallest absolute Gasteiger partial charge is 0.259 e. The molecule has 1 aromatic heterocycles. The van der Waals surface area contributed by atoms with E-state index in [1.807, 2.05) is 13.8 Å². The van der Waals surface area contributed by atoms with E-state index in [0.717, 1.165) is 0 Å². The van der Waals surface area contributed by atoms with Gasteiger partial charge in [0.15, 0.2) is 5.03 Å². The Morgan fingerprint density at radius 2 is 2.24 bits per heavy atom. The van der Waals surface area contributed by atoms with Crippen LogP contribution >= 0.6 is 0 Å². The van der Waals surface area contributed by atoms with Gasteiger partial charge in [-0.3, -0.25) is 0 Å². The summed E-state index contributed by atoms with van der Waals surface area (Å²) in [6, 6.07) is -0.0133. The van der Waals surface area contributed by atoms with Crippen molar-refractivity contribution in [3.63, 3.8) is 0 Å². The molecule has 1 heterocycles. The van der Waals surface area contributed by atoms with Crippen LogP contribution in [0.15, 0.2) is 11.2 Å². The van der Waals surface area contributed by atoms with E-state index >= 15 is 0 Å². The van der Waals surface area contributed by atoms with Gasteiger partial charge < -0.3 is 10.7 Å². The van der Waals surface area contributed by atoms with Crippen LogP contribution < -0.4 is 5.73 Å². The van der Waals surface area contributed by atoms with E-state index in [1.165, 1.54) is 10.5 Å². The van der Waals surface area contributed by atoms with E-state index in [2.05, 4.69) is 9.97 Å². The van der Waals surface area contributed by atoms with Crippen molar-refractivity contribution < 1.29 is 8.42 Å². The molecule has 6 nitrogen and oxygen atoms in total. The number of rotatable bonds is 6. The molecule has 0 aliphatic carbocycles. The molecule has 0 aliphatic rings. The first-order chi connectivity index (χ1) is 7.87. The Morgan fingerprint density at radius 3 is 2.71 bits per heavy atom. The number of nitrogens with zero attached hydrogens (tertiary/aromatic N) is 2. The maximum absolute atomic E-state index is 12.1. The van der Waals surface area contributed by atoms with E-state index in [0.29, 0.717) is 25.2 Å². The highest BCUT2D eigenvalue weighted by Crippen LogP contribution is 2.12. The number of nitrogens with two attached hydrogens (primary N) is 1. The Labute approximate surface area is 102 Å². The van der Waals surface area contributed by atoms with Crippen LogP contribution in [0, 0.1) is 0 Å². The van der Waals surface area contributed by atoms with Gasteiger partial charge in [-0.2, -0.15) is 4.31 Å². The largest absolute Gasteiger partial charge is 0.332 e. The van der Waals surface area contributed by atoms with Crippen molar-refractivity contribution in [3.05, 3.63) is 12.0 Å². The monoisotopic (exact) mass is 260 g/mol. The summed E-state index contributed by atoms with van der Waals surface area (Å²) in [7, 11) is -1.92. The molecule has 1 unspecified atom stereocenters. The first-order valence-corrected chi connectivity index (χ1v) is 7.07. The van der Waals surface area contributed by atoms with Crippen LogP contribution in [0.5, 0.6) is 0 Å². The second kappa shape index (κ2) is 5.61. The van der Waals surface area contributed by atoms with Crippen molar-refractivity contribution >= 4 is 10.0 Å². The molecule has 17 heavy (non-hydrogen) atoms. The van der Waals surface area contributed by atoms with Crippen molar-refractivity contribution in [3.8, 4) is 0 Å². The van der Waals surface area contributed by atoms with E-state index in [-0.39, 0.29) is 11.1 Å². The van der Waals surface area contributed by atoms with Crippen LogP contribution in [0.25, 0.3) is 0 Å². The summed E-state index contributed by atoms with van der Waals surface area (Å²) in [4.78, 5) is 6.79. The molecule has 0 amide bonds. The average Bonchev–Trinajstić information content (AvgIpc) is 2.74. The van der Waals surface area contributed by atoms with Crippen molar-refractivity contribution in [1.82, 2.24) is 14.3 Å². The van der Waals surface area contributed by atoms with Crippen molar-refractivity contribution in [2.75, 3.05) is 13.6 Å². The molecule has 7 heteroatoms. The van der Waals surface area contributed by atoms with Gasteiger partial charge >= 0.3 is 0 Å². The Kier molecular flexibility index (Phi) is 4.67. The number of hydrogen-bond donors (Lipinski definition) is 2. The molecule has 0 aromatic carbocycles. The summed E-state index contributed by atoms with van der Waals surface area (Å²) in [5, 5.41) is 0.140. The molecule has 0 spiro atoms. The molecule has 1 atom stereocenters. The summed E-state index contributed by atoms with van der Waals surface area (Å²) in [6.07, 6.45) is 2.67. The highest BCUT2D eigenvalue weighted by atomic mass is 32.2. The van der Waals surface area contributed by atoms with Crippen LogP contribution in [-0.2, 0) is 16.4 Å². The molecule has 1 rings (SSSR count). The van der Waals surface area contributed by atoms with E-state index in [1.54, 1.807) is 7.05 Å². The maximum Gasteiger partial charge on any atom is 0.259 e. The third kappa shape index (κ3) is 3.52. The minimum Gasteiger partial charge on any atom is -0.332 e. The molecular formula is C10H20N4O2S. The third-order valence-corrected chi connectivity index (χ3v) is 4.29. The summed E-state index contributed by atoms with van der Waals surface area (Å²) < 4.78 is 25.5.